The highest BCUT2D eigenvalue weighted by Gasteiger charge is 2.18. The summed E-state index contributed by atoms with van der Waals surface area (Å²) in [4.78, 5) is 22.4. The number of hydrogen-bond acceptors (Lipinski definition) is 4. The number of aliphatic hydroxyl groups excluding tert-OH is 1. The van der Waals surface area contributed by atoms with Crippen molar-refractivity contribution in [2.75, 3.05) is 0 Å². The highest BCUT2D eigenvalue weighted by atomic mass is 16.3. The SMILES string of the molecule is CC(O)=CC(=O)CCc1ccccc1-c1cc(-c2ccccc2-c2ccc3c(c2)c2ccccc2n2ccnc32)cc(-c2ccccc2-c2ccc3c(c2)c2ccccc2n2ccnc32)c1. The van der Waals surface area contributed by atoms with Crippen molar-refractivity contribution in [1.82, 2.24) is 18.8 Å². The molecule has 0 aliphatic carbocycles. The van der Waals surface area contributed by atoms with Crippen LogP contribution >= 0.6 is 0 Å². The van der Waals surface area contributed by atoms with Gasteiger partial charge in [0.05, 0.1) is 16.8 Å². The lowest BCUT2D eigenvalue weighted by Crippen LogP contribution is -1.99. The molecule has 0 unspecified atom stereocenters. The molecule has 0 saturated heterocycles. The molecule has 0 saturated carbocycles. The fraction of sp³-hybridized carbons (Fsp3) is 0.0500. The minimum absolute atomic E-state index is 0.0202. The van der Waals surface area contributed by atoms with E-state index in [0.29, 0.717) is 6.42 Å². The number of nitrogens with zero attached hydrogens (tertiary/aromatic N) is 4. The van der Waals surface area contributed by atoms with E-state index in [2.05, 4.69) is 179 Å². The number of aryl methyl sites for hydroxylation is 1. The van der Waals surface area contributed by atoms with Gasteiger partial charge in [-0.2, -0.15) is 0 Å². The molecule has 4 heterocycles. The molecule has 8 aromatic carbocycles. The lowest BCUT2D eigenvalue weighted by molar-refractivity contribution is -0.114. The summed E-state index contributed by atoms with van der Waals surface area (Å²) in [5.74, 6) is -0.0813. The molecular weight excluding hydrogens is 809 g/mol. The van der Waals surface area contributed by atoms with Crippen molar-refractivity contribution in [3.05, 3.63) is 218 Å². The maximum absolute atomic E-state index is 12.9. The third-order valence-corrected chi connectivity index (χ3v) is 13.1. The van der Waals surface area contributed by atoms with Crippen molar-refractivity contribution in [3.8, 4) is 55.6 Å². The summed E-state index contributed by atoms with van der Waals surface area (Å²) in [6.45, 7) is 1.53. The Morgan fingerprint density at radius 2 is 0.894 bits per heavy atom. The van der Waals surface area contributed by atoms with Crippen LogP contribution in [0.2, 0.25) is 0 Å². The number of para-hydroxylation sites is 2. The molecule has 0 radical (unpaired) electrons. The first-order valence-electron chi connectivity index (χ1n) is 22.3. The highest BCUT2D eigenvalue weighted by Crippen LogP contribution is 2.43. The molecule has 0 atom stereocenters. The first-order chi connectivity index (χ1) is 32.5. The first-order valence-corrected chi connectivity index (χ1v) is 22.3. The molecule has 6 nitrogen and oxygen atoms in total. The second-order valence-electron chi connectivity index (χ2n) is 17.1. The molecule has 0 spiro atoms. The van der Waals surface area contributed by atoms with Gasteiger partial charge >= 0.3 is 0 Å². The minimum Gasteiger partial charge on any atom is -0.512 e. The molecule has 4 aromatic heterocycles. The molecule has 0 aliphatic heterocycles. The highest BCUT2D eigenvalue weighted by molar-refractivity contribution is 6.14. The molecule has 66 heavy (non-hydrogen) atoms. The fourth-order valence-corrected chi connectivity index (χ4v) is 10.1. The Bertz CT molecular complexity index is 3730. The summed E-state index contributed by atoms with van der Waals surface area (Å²) < 4.78 is 4.35. The van der Waals surface area contributed by atoms with Crippen molar-refractivity contribution in [2.24, 2.45) is 0 Å². The van der Waals surface area contributed by atoms with Crippen molar-refractivity contribution in [3.63, 3.8) is 0 Å². The van der Waals surface area contributed by atoms with Gasteiger partial charge in [-0.25, -0.2) is 9.97 Å². The van der Waals surface area contributed by atoms with E-state index in [1.807, 2.05) is 30.9 Å². The normalized spacial score (nSPS) is 12.0. The van der Waals surface area contributed by atoms with Gasteiger partial charge in [0, 0.05) is 58.8 Å². The zero-order valence-electron chi connectivity index (χ0n) is 36.2. The molecular formula is C60H42N4O2. The number of rotatable bonds is 9. The first kappa shape index (κ1) is 39.0. The molecule has 6 heteroatoms. The predicted molar refractivity (Wildman–Crippen MR) is 271 cm³/mol. The number of aliphatic hydroxyl groups is 1. The van der Waals surface area contributed by atoms with E-state index in [1.54, 1.807) is 0 Å². The van der Waals surface area contributed by atoms with Crippen LogP contribution in [0.25, 0.3) is 110 Å². The number of carbonyl (C=O) groups excluding carboxylic acids is 1. The summed E-state index contributed by atoms with van der Waals surface area (Å²) in [5.41, 5.74) is 16.2. The zero-order valence-corrected chi connectivity index (χ0v) is 36.2. The zero-order chi connectivity index (χ0) is 44.3. The largest absolute Gasteiger partial charge is 0.512 e. The molecule has 12 rings (SSSR count). The fourth-order valence-electron chi connectivity index (χ4n) is 10.1. The van der Waals surface area contributed by atoms with Crippen LogP contribution < -0.4 is 0 Å². The van der Waals surface area contributed by atoms with Crippen LogP contribution in [0.5, 0.6) is 0 Å². The molecule has 0 bridgehead atoms. The van der Waals surface area contributed by atoms with Gasteiger partial charge in [0.25, 0.3) is 0 Å². The van der Waals surface area contributed by atoms with Crippen LogP contribution in [0.4, 0.5) is 0 Å². The van der Waals surface area contributed by atoms with Gasteiger partial charge in [-0.15, -0.1) is 0 Å². The van der Waals surface area contributed by atoms with E-state index in [4.69, 9.17) is 9.97 Å². The average Bonchev–Trinajstić information content (AvgIpc) is 4.08. The quantitative estimate of drug-likeness (QED) is 0.0892. The standard InChI is InChI=1S/C60H42N4O2/c1-38(65)32-45(66)25-22-39-12-2-3-13-46(39)42-33-43(49-16-6-4-14-47(49)40-23-26-53-55(36-40)51-18-8-10-20-57(51)63-30-28-61-59(53)63)35-44(34-42)50-17-7-5-15-48(50)41-24-27-54-56(37-41)52-19-9-11-21-58(52)64-31-29-62-60(54)64/h2-21,23-24,26-37,65H,22,25H2,1H3. The lowest BCUT2D eigenvalue weighted by atomic mass is 9.86. The summed E-state index contributed by atoms with van der Waals surface area (Å²) in [5, 5.41) is 16.7. The number of aromatic nitrogens is 4. The van der Waals surface area contributed by atoms with Gasteiger partial charge in [0.2, 0.25) is 0 Å². The Morgan fingerprint density at radius 1 is 0.470 bits per heavy atom. The molecule has 314 valence electrons. The Hall–Kier alpha value is -8.61. The van der Waals surface area contributed by atoms with Gasteiger partial charge in [0.1, 0.15) is 11.3 Å². The summed E-state index contributed by atoms with van der Waals surface area (Å²) in [6.07, 6.45) is 9.95. The summed E-state index contributed by atoms with van der Waals surface area (Å²) in [7, 11) is 0. The number of allylic oxidation sites excluding steroid dienone is 2. The second-order valence-corrected chi connectivity index (χ2v) is 17.1. The van der Waals surface area contributed by atoms with Crippen molar-refractivity contribution >= 4 is 60.4 Å². The molecule has 0 fully saturated rings. The summed E-state index contributed by atoms with van der Waals surface area (Å²) in [6, 6.07) is 63.3. The molecule has 12 aromatic rings. The molecule has 0 aliphatic rings. The van der Waals surface area contributed by atoms with Crippen LogP contribution in [-0.4, -0.2) is 29.7 Å². The third kappa shape index (κ3) is 6.61. The van der Waals surface area contributed by atoms with Gasteiger partial charge < -0.3 is 5.11 Å². The van der Waals surface area contributed by atoms with Crippen LogP contribution in [0, 0.1) is 0 Å². The maximum Gasteiger partial charge on any atom is 0.159 e. The number of ketones is 1. The Labute approximate surface area is 381 Å². The Kier molecular flexibility index (Phi) is 9.39. The van der Waals surface area contributed by atoms with Crippen molar-refractivity contribution in [1.29, 1.82) is 0 Å². The number of pyridine rings is 2. The van der Waals surface area contributed by atoms with Crippen molar-refractivity contribution < 1.29 is 9.90 Å². The molecule has 1 N–H and O–H groups in total. The van der Waals surface area contributed by atoms with Gasteiger partial charge in [0.15, 0.2) is 5.78 Å². The Morgan fingerprint density at radius 3 is 1.39 bits per heavy atom. The lowest BCUT2D eigenvalue weighted by Gasteiger charge is -2.18. The molecule has 0 amide bonds. The van der Waals surface area contributed by atoms with Gasteiger partial charge in [-0.05, 0) is 140 Å². The average molecular weight is 851 g/mol. The third-order valence-electron chi connectivity index (χ3n) is 13.1. The van der Waals surface area contributed by atoms with E-state index < -0.39 is 0 Å². The van der Waals surface area contributed by atoms with Crippen LogP contribution in [0.3, 0.4) is 0 Å². The number of carbonyl (C=O) groups is 1. The van der Waals surface area contributed by atoms with E-state index in [-0.39, 0.29) is 18.0 Å². The minimum atomic E-state index is -0.101. The number of imidazole rings is 2. The number of hydrogen-bond donors (Lipinski definition) is 1. The van der Waals surface area contributed by atoms with Gasteiger partial charge in [-0.1, -0.05) is 121 Å². The van der Waals surface area contributed by atoms with Crippen LogP contribution in [0.1, 0.15) is 18.9 Å². The summed E-state index contributed by atoms with van der Waals surface area (Å²) >= 11 is 0. The number of fused-ring (bicyclic) bond motifs is 12. The van der Waals surface area contributed by atoms with Crippen LogP contribution in [-0.2, 0) is 11.2 Å². The second kappa shape index (κ2) is 15.9. The van der Waals surface area contributed by atoms with E-state index >= 15 is 0 Å². The van der Waals surface area contributed by atoms with Crippen LogP contribution in [0.15, 0.2) is 213 Å². The monoisotopic (exact) mass is 850 g/mol. The number of benzene rings is 8. The van der Waals surface area contributed by atoms with Crippen molar-refractivity contribution in [2.45, 2.75) is 19.8 Å². The van der Waals surface area contributed by atoms with E-state index in [1.165, 1.54) is 23.8 Å². The predicted octanol–water partition coefficient (Wildman–Crippen LogP) is 14.9. The smallest absolute Gasteiger partial charge is 0.159 e. The Balaban J connectivity index is 1.06. The topological polar surface area (TPSA) is 71.9 Å². The van der Waals surface area contributed by atoms with E-state index in [9.17, 15) is 9.90 Å². The van der Waals surface area contributed by atoms with Gasteiger partial charge in [-0.3, -0.25) is 13.6 Å². The van der Waals surface area contributed by atoms with E-state index in [0.717, 1.165) is 105 Å². The maximum atomic E-state index is 12.9.